The zero-order chi connectivity index (χ0) is 27.0. The summed E-state index contributed by atoms with van der Waals surface area (Å²) in [7, 11) is 0. The van der Waals surface area contributed by atoms with Crippen molar-refractivity contribution in [3.05, 3.63) is 29.8 Å². The van der Waals surface area contributed by atoms with Crippen molar-refractivity contribution in [1.82, 2.24) is 9.80 Å². The molecule has 0 spiro atoms. The smallest absolute Gasteiger partial charge is 0.473 e. The van der Waals surface area contributed by atoms with Crippen LogP contribution in [0.15, 0.2) is 24.3 Å². The number of rotatable bonds is 8. The van der Waals surface area contributed by atoms with Gasteiger partial charge in [-0.3, -0.25) is 0 Å². The van der Waals surface area contributed by atoms with Crippen LogP contribution in [0.1, 0.15) is 25.3 Å². The Kier molecular flexibility index (Phi) is 14.7. The van der Waals surface area contributed by atoms with Crippen molar-refractivity contribution in [3.8, 4) is 5.75 Å². The highest BCUT2D eigenvalue weighted by Gasteiger charge is 2.30. The van der Waals surface area contributed by atoms with Crippen LogP contribution in [0, 0.1) is 0 Å². The number of nitrogens with zero attached hydrogens (tertiary/aromatic N) is 2. The molecule has 0 bridgehead atoms. The summed E-state index contributed by atoms with van der Waals surface area (Å²) in [5.41, 5.74) is 1.03. The first kappa shape index (κ1) is 31.6. The number of ether oxygens (including phenoxy) is 1. The van der Waals surface area contributed by atoms with E-state index in [9.17, 15) is 13.2 Å². The van der Waals surface area contributed by atoms with Gasteiger partial charge in [0.15, 0.2) is 0 Å². The minimum Gasteiger partial charge on any atom is -0.473 e. The Balaban J connectivity index is 0.000000797. The maximum atomic E-state index is 12.1. The second kappa shape index (κ2) is 16.3. The maximum absolute atomic E-state index is 12.1. The number of aliphatic carboxylic acids is 4. The van der Waals surface area contributed by atoms with Gasteiger partial charge in [0.2, 0.25) is 0 Å². The van der Waals surface area contributed by atoms with E-state index in [1.54, 1.807) is 12.1 Å². The molecule has 1 fully saturated rings. The molecule has 11 nitrogen and oxygen atoms in total. The lowest BCUT2D eigenvalue weighted by Crippen LogP contribution is -2.34. The fourth-order valence-corrected chi connectivity index (χ4v) is 2.86. The molecule has 1 heterocycles. The quantitative estimate of drug-likeness (QED) is 0.377. The summed E-state index contributed by atoms with van der Waals surface area (Å²) in [5.74, 6) is -7.46. The SMILES string of the molecule is CCN(CCc1ccc(OC(F)(F)F)cc1)CCN1CCCC1.O=C(O)C(=O)O.O=C(O)C(=O)O. The molecule has 2 rings (SSSR count). The Labute approximate surface area is 199 Å². The summed E-state index contributed by atoms with van der Waals surface area (Å²) in [6, 6.07) is 6.16. The highest BCUT2D eigenvalue weighted by molar-refractivity contribution is 6.27. The van der Waals surface area contributed by atoms with E-state index in [4.69, 9.17) is 39.6 Å². The third-order valence-corrected chi connectivity index (χ3v) is 4.62. The molecule has 198 valence electrons. The summed E-state index contributed by atoms with van der Waals surface area (Å²) in [6.07, 6.45) is -1.19. The molecule has 1 aromatic carbocycles. The summed E-state index contributed by atoms with van der Waals surface area (Å²) >= 11 is 0. The van der Waals surface area contributed by atoms with Gasteiger partial charge in [-0.05, 0) is 56.6 Å². The van der Waals surface area contributed by atoms with Crippen molar-refractivity contribution in [2.45, 2.75) is 32.5 Å². The van der Waals surface area contributed by atoms with E-state index in [2.05, 4.69) is 21.5 Å². The first-order valence-corrected chi connectivity index (χ1v) is 10.5. The minimum absolute atomic E-state index is 0.164. The van der Waals surface area contributed by atoms with Crippen LogP contribution in [0.4, 0.5) is 13.2 Å². The van der Waals surface area contributed by atoms with Crippen molar-refractivity contribution in [3.63, 3.8) is 0 Å². The molecule has 1 aromatic rings. The van der Waals surface area contributed by atoms with Crippen LogP contribution in [0.5, 0.6) is 5.75 Å². The Bertz CT molecular complexity index is 763. The summed E-state index contributed by atoms with van der Waals surface area (Å²) in [5, 5.41) is 29.6. The molecule has 1 aliphatic heterocycles. The molecule has 0 unspecified atom stereocenters. The average molecular weight is 510 g/mol. The third-order valence-electron chi connectivity index (χ3n) is 4.62. The Morgan fingerprint density at radius 3 is 1.71 bits per heavy atom. The molecule has 0 aromatic heterocycles. The van der Waals surface area contributed by atoms with Crippen LogP contribution < -0.4 is 4.74 Å². The standard InChI is InChI=1S/C17H25F3N2O.2C2H2O4/c1-2-21(13-14-22-10-3-4-11-22)12-9-15-5-7-16(8-6-15)23-17(18,19)20;2*3-1(4)2(5)6/h5-8H,2-4,9-14H2,1H3;2*(H,3,4)(H,5,6). The first-order valence-electron chi connectivity index (χ1n) is 10.5. The molecule has 35 heavy (non-hydrogen) atoms. The number of carboxylic acids is 4. The molecule has 4 N–H and O–H groups in total. The van der Waals surface area contributed by atoms with Crippen LogP contribution >= 0.6 is 0 Å². The number of alkyl halides is 3. The van der Waals surface area contributed by atoms with E-state index in [1.165, 1.54) is 38.1 Å². The van der Waals surface area contributed by atoms with Gasteiger partial charge in [-0.1, -0.05) is 19.1 Å². The van der Waals surface area contributed by atoms with Crippen molar-refractivity contribution in [1.29, 1.82) is 0 Å². The highest BCUT2D eigenvalue weighted by atomic mass is 19.4. The second-order valence-corrected chi connectivity index (χ2v) is 7.15. The van der Waals surface area contributed by atoms with E-state index in [0.717, 1.165) is 38.2 Å². The molecule has 0 aliphatic carbocycles. The van der Waals surface area contributed by atoms with Gasteiger partial charge in [0, 0.05) is 19.6 Å². The van der Waals surface area contributed by atoms with Crippen LogP contribution in [0.25, 0.3) is 0 Å². The molecular formula is C21H29F3N2O9. The molecule has 0 saturated carbocycles. The van der Waals surface area contributed by atoms with Gasteiger partial charge in [-0.25, -0.2) is 19.2 Å². The van der Waals surface area contributed by atoms with Gasteiger partial charge >= 0.3 is 30.2 Å². The molecule has 1 saturated heterocycles. The van der Waals surface area contributed by atoms with Gasteiger partial charge < -0.3 is 35.0 Å². The molecule has 0 amide bonds. The molecule has 0 atom stereocenters. The van der Waals surface area contributed by atoms with Gasteiger partial charge in [-0.2, -0.15) is 0 Å². The largest absolute Gasteiger partial charge is 0.573 e. The predicted octanol–water partition coefficient (Wildman–Crippen LogP) is 1.86. The van der Waals surface area contributed by atoms with E-state index >= 15 is 0 Å². The number of likely N-dealkylation sites (N-methyl/N-ethyl adjacent to an activating group) is 1. The lowest BCUT2D eigenvalue weighted by atomic mass is 10.1. The van der Waals surface area contributed by atoms with Crippen molar-refractivity contribution < 1.29 is 57.5 Å². The molecular weight excluding hydrogens is 481 g/mol. The van der Waals surface area contributed by atoms with Gasteiger partial charge in [-0.15, -0.1) is 13.2 Å². The van der Waals surface area contributed by atoms with E-state index in [-0.39, 0.29) is 5.75 Å². The van der Waals surface area contributed by atoms with Crippen LogP contribution in [-0.4, -0.2) is 99.7 Å². The summed E-state index contributed by atoms with van der Waals surface area (Å²) in [6.45, 7) is 8.62. The van der Waals surface area contributed by atoms with Crippen LogP contribution in [0.3, 0.4) is 0 Å². The van der Waals surface area contributed by atoms with Crippen molar-refractivity contribution in [2.24, 2.45) is 0 Å². The molecule has 14 heteroatoms. The maximum Gasteiger partial charge on any atom is 0.573 e. The Hall–Kier alpha value is -3.39. The Morgan fingerprint density at radius 2 is 1.34 bits per heavy atom. The fourth-order valence-electron chi connectivity index (χ4n) is 2.86. The van der Waals surface area contributed by atoms with Gasteiger partial charge in [0.25, 0.3) is 0 Å². The van der Waals surface area contributed by atoms with Gasteiger partial charge in [0.05, 0.1) is 0 Å². The topological polar surface area (TPSA) is 165 Å². The van der Waals surface area contributed by atoms with E-state index < -0.39 is 30.2 Å². The first-order chi connectivity index (χ1) is 16.2. The monoisotopic (exact) mass is 510 g/mol. The number of carbonyl (C=O) groups is 4. The lowest BCUT2D eigenvalue weighted by molar-refractivity contribution is -0.274. The fraction of sp³-hybridized carbons (Fsp3) is 0.524. The number of halogens is 3. The normalized spacial score (nSPS) is 13.2. The number of hydrogen-bond donors (Lipinski definition) is 4. The highest BCUT2D eigenvalue weighted by Crippen LogP contribution is 2.22. The third kappa shape index (κ3) is 16.8. The number of likely N-dealkylation sites (tertiary alicyclic amines) is 1. The average Bonchev–Trinajstić information content (AvgIpc) is 3.28. The molecule has 0 radical (unpaired) electrons. The Morgan fingerprint density at radius 1 is 0.886 bits per heavy atom. The zero-order valence-corrected chi connectivity index (χ0v) is 19.0. The number of benzene rings is 1. The summed E-state index contributed by atoms with van der Waals surface area (Å²) < 4.78 is 40.2. The van der Waals surface area contributed by atoms with E-state index in [0.29, 0.717) is 0 Å². The van der Waals surface area contributed by atoms with Crippen molar-refractivity contribution in [2.75, 3.05) is 39.3 Å². The molecule has 1 aliphatic rings. The predicted molar refractivity (Wildman–Crippen MR) is 115 cm³/mol. The second-order valence-electron chi connectivity index (χ2n) is 7.15. The number of carboxylic acid groups (broad SMARTS) is 4. The van der Waals surface area contributed by atoms with Crippen LogP contribution in [-0.2, 0) is 25.6 Å². The van der Waals surface area contributed by atoms with E-state index in [1.807, 2.05) is 0 Å². The number of hydrogen-bond acceptors (Lipinski definition) is 7. The van der Waals surface area contributed by atoms with Gasteiger partial charge in [0.1, 0.15) is 5.75 Å². The zero-order valence-electron chi connectivity index (χ0n) is 19.0. The van der Waals surface area contributed by atoms with Crippen LogP contribution in [0.2, 0.25) is 0 Å². The van der Waals surface area contributed by atoms with Crippen molar-refractivity contribution >= 4 is 23.9 Å². The summed E-state index contributed by atoms with van der Waals surface area (Å²) in [4.78, 5) is 41.3. The minimum atomic E-state index is -4.63. The lowest BCUT2D eigenvalue weighted by Gasteiger charge is -2.24.